The Hall–Kier alpha value is -0.860. The molecule has 0 heterocycles. The van der Waals surface area contributed by atoms with Crippen LogP contribution in [0.25, 0.3) is 0 Å². The van der Waals surface area contributed by atoms with E-state index in [1.807, 2.05) is 0 Å². The second-order valence-corrected chi connectivity index (χ2v) is 4.69. The van der Waals surface area contributed by atoms with E-state index in [1.54, 1.807) is 21.0 Å². The summed E-state index contributed by atoms with van der Waals surface area (Å²) >= 11 is 0. The van der Waals surface area contributed by atoms with Crippen molar-refractivity contribution in [2.45, 2.75) is 39.0 Å². The van der Waals surface area contributed by atoms with Gasteiger partial charge in [0.25, 0.3) is 0 Å². The summed E-state index contributed by atoms with van der Waals surface area (Å²) in [4.78, 5) is 25.1. The lowest BCUT2D eigenvalue weighted by Gasteiger charge is -2.24. The third-order valence-corrected chi connectivity index (χ3v) is 3.25. The minimum absolute atomic E-state index is 0.0643. The second-order valence-electron chi connectivity index (χ2n) is 4.69. The van der Waals surface area contributed by atoms with E-state index < -0.39 is 5.92 Å². The van der Waals surface area contributed by atoms with E-state index in [2.05, 4.69) is 0 Å². The zero-order valence-electron chi connectivity index (χ0n) is 9.95. The predicted octanol–water partition coefficient (Wildman–Crippen LogP) is 1.86. The van der Waals surface area contributed by atoms with Crippen molar-refractivity contribution in [3.63, 3.8) is 0 Å². The molecule has 0 aliphatic heterocycles. The standard InChI is InChI=1S/C12H21NO2/c1-9(12(15)13(2)3)11(14)10-7-5-4-6-8-10/h9-10H,4-8H2,1-3H3. The Bertz CT molecular complexity index is 242. The van der Waals surface area contributed by atoms with E-state index in [4.69, 9.17) is 0 Å². The van der Waals surface area contributed by atoms with E-state index >= 15 is 0 Å². The summed E-state index contributed by atoms with van der Waals surface area (Å²) in [6.45, 7) is 1.74. The van der Waals surface area contributed by atoms with Crippen molar-refractivity contribution in [3.05, 3.63) is 0 Å². The third-order valence-electron chi connectivity index (χ3n) is 3.25. The number of carbonyl (C=O) groups is 2. The molecule has 0 aromatic carbocycles. The first-order valence-corrected chi connectivity index (χ1v) is 5.79. The topological polar surface area (TPSA) is 37.4 Å². The number of hydrogen-bond acceptors (Lipinski definition) is 2. The van der Waals surface area contributed by atoms with E-state index in [0.29, 0.717) is 0 Å². The van der Waals surface area contributed by atoms with Gasteiger partial charge in [0.05, 0.1) is 5.92 Å². The Morgan fingerprint density at radius 3 is 2.13 bits per heavy atom. The smallest absolute Gasteiger partial charge is 0.232 e. The summed E-state index contributed by atoms with van der Waals surface area (Å²) < 4.78 is 0. The largest absolute Gasteiger partial charge is 0.348 e. The van der Waals surface area contributed by atoms with E-state index in [-0.39, 0.29) is 17.6 Å². The molecule has 0 radical (unpaired) electrons. The fourth-order valence-electron chi connectivity index (χ4n) is 2.25. The molecule has 0 aromatic rings. The molecule has 1 rings (SSSR count). The second kappa shape index (κ2) is 5.29. The molecule has 1 atom stereocenters. The first kappa shape index (κ1) is 12.2. The van der Waals surface area contributed by atoms with E-state index in [9.17, 15) is 9.59 Å². The molecular formula is C12H21NO2. The van der Waals surface area contributed by atoms with E-state index in [1.165, 1.54) is 11.3 Å². The molecule has 1 unspecified atom stereocenters. The number of ketones is 1. The highest BCUT2D eigenvalue weighted by Crippen LogP contribution is 2.26. The van der Waals surface area contributed by atoms with Crippen LogP contribution in [-0.2, 0) is 9.59 Å². The number of Topliss-reactive ketones (excluding diaryl/α,β-unsaturated/α-hetero) is 1. The minimum Gasteiger partial charge on any atom is -0.348 e. The van der Waals surface area contributed by atoms with Crippen molar-refractivity contribution in [2.24, 2.45) is 11.8 Å². The Morgan fingerprint density at radius 2 is 1.67 bits per heavy atom. The highest BCUT2D eigenvalue weighted by atomic mass is 16.2. The molecule has 15 heavy (non-hydrogen) atoms. The van der Waals surface area contributed by atoms with Gasteiger partial charge in [-0.2, -0.15) is 0 Å². The van der Waals surface area contributed by atoms with Crippen LogP contribution in [0.5, 0.6) is 0 Å². The summed E-state index contributed by atoms with van der Waals surface area (Å²) in [6.07, 6.45) is 5.46. The maximum Gasteiger partial charge on any atom is 0.232 e. The quantitative estimate of drug-likeness (QED) is 0.668. The molecule has 1 fully saturated rings. The molecule has 3 heteroatoms. The number of carbonyl (C=O) groups excluding carboxylic acids is 2. The molecule has 1 amide bonds. The zero-order chi connectivity index (χ0) is 11.4. The lowest BCUT2D eigenvalue weighted by molar-refractivity contribution is -0.140. The van der Waals surface area contributed by atoms with Gasteiger partial charge in [0.1, 0.15) is 5.78 Å². The highest BCUT2D eigenvalue weighted by molar-refractivity contribution is 6.01. The number of rotatable bonds is 3. The number of hydrogen-bond donors (Lipinski definition) is 0. The van der Waals surface area contributed by atoms with Gasteiger partial charge in [-0.15, -0.1) is 0 Å². The fourth-order valence-corrected chi connectivity index (χ4v) is 2.25. The van der Waals surface area contributed by atoms with Gasteiger partial charge >= 0.3 is 0 Å². The van der Waals surface area contributed by atoms with E-state index in [0.717, 1.165) is 25.7 Å². The first-order chi connectivity index (χ1) is 7.04. The van der Waals surface area contributed by atoms with Gasteiger partial charge in [-0.05, 0) is 19.8 Å². The summed E-state index contributed by atoms with van der Waals surface area (Å²) in [5.41, 5.74) is 0. The van der Waals surface area contributed by atoms with Crippen LogP contribution >= 0.6 is 0 Å². The van der Waals surface area contributed by atoms with Crippen molar-refractivity contribution >= 4 is 11.7 Å². The summed E-state index contributed by atoms with van der Waals surface area (Å²) in [5, 5.41) is 0. The normalized spacial score (nSPS) is 19.7. The minimum atomic E-state index is -0.455. The average molecular weight is 211 g/mol. The maximum atomic E-state index is 12.0. The van der Waals surface area contributed by atoms with Crippen LogP contribution in [-0.4, -0.2) is 30.7 Å². The van der Waals surface area contributed by atoms with Crippen LogP contribution in [0.3, 0.4) is 0 Å². The van der Waals surface area contributed by atoms with Crippen molar-refractivity contribution in [3.8, 4) is 0 Å². The Morgan fingerprint density at radius 1 is 1.13 bits per heavy atom. The van der Waals surface area contributed by atoms with Gasteiger partial charge < -0.3 is 4.90 Å². The monoisotopic (exact) mass is 211 g/mol. The highest BCUT2D eigenvalue weighted by Gasteiger charge is 2.30. The van der Waals surface area contributed by atoms with Gasteiger partial charge in [-0.25, -0.2) is 0 Å². The van der Waals surface area contributed by atoms with Crippen molar-refractivity contribution < 1.29 is 9.59 Å². The van der Waals surface area contributed by atoms with Gasteiger partial charge in [0.2, 0.25) is 5.91 Å². The molecule has 0 aromatic heterocycles. The van der Waals surface area contributed by atoms with Crippen LogP contribution in [0, 0.1) is 11.8 Å². The molecule has 1 aliphatic rings. The Kier molecular flexibility index (Phi) is 4.30. The van der Waals surface area contributed by atoms with Gasteiger partial charge in [0, 0.05) is 20.0 Å². The Balaban J connectivity index is 2.54. The first-order valence-electron chi connectivity index (χ1n) is 5.79. The van der Waals surface area contributed by atoms with Crippen molar-refractivity contribution in [1.82, 2.24) is 4.90 Å². The molecule has 1 aliphatic carbocycles. The SMILES string of the molecule is CC(C(=O)C1CCCCC1)C(=O)N(C)C. The molecule has 0 spiro atoms. The van der Waals surface area contributed by atoms with Crippen molar-refractivity contribution in [1.29, 1.82) is 0 Å². The van der Waals surface area contributed by atoms with Crippen LogP contribution < -0.4 is 0 Å². The molecule has 86 valence electrons. The third kappa shape index (κ3) is 3.05. The van der Waals surface area contributed by atoms with Crippen molar-refractivity contribution in [2.75, 3.05) is 14.1 Å². The predicted molar refractivity (Wildman–Crippen MR) is 59.4 cm³/mol. The summed E-state index contributed by atoms with van der Waals surface area (Å²) in [5.74, 6) is -0.236. The molecule has 3 nitrogen and oxygen atoms in total. The molecule has 1 saturated carbocycles. The maximum absolute atomic E-state index is 12.0. The molecular weight excluding hydrogens is 190 g/mol. The molecule has 0 saturated heterocycles. The zero-order valence-corrected chi connectivity index (χ0v) is 9.95. The Labute approximate surface area is 91.8 Å². The van der Waals surface area contributed by atoms with Crippen LogP contribution in [0.15, 0.2) is 0 Å². The van der Waals surface area contributed by atoms with Gasteiger partial charge in [-0.1, -0.05) is 19.3 Å². The summed E-state index contributed by atoms with van der Waals surface area (Å²) in [7, 11) is 3.40. The molecule has 0 bridgehead atoms. The number of amides is 1. The van der Waals surface area contributed by atoms with Crippen LogP contribution in [0.4, 0.5) is 0 Å². The van der Waals surface area contributed by atoms with Gasteiger partial charge in [-0.3, -0.25) is 9.59 Å². The lowest BCUT2D eigenvalue weighted by Crippen LogP contribution is -2.36. The van der Waals surface area contributed by atoms with Crippen LogP contribution in [0.1, 0.15) is 39.0 Å². The summed E-state index contributed by atoms with van der Waals surface area (Å²) in [6, 6.07) is 0. The van der Waals surface area contributed by atoms with Gasteiger partial charge in [0.15, 0.2) is 0 Å². The fraction of sp³-hybridized carbons (Fsp3) is 0.833. The van der Waals surface area contributed by atoms with Crippen LogP contribution in [0.2, 0.25) is 0 Å². The number of nitrogens with zero attached hydrogens (tertiary/aromatic N) is 1. The lowest BCUT2D eigenvalue weighted by atomic mass is 9.82. The molecule has 0 N–H and O–H groups in total. The average Bonchev–Trinajstić information content (AvgIpc) is 2.27.